The monoisotopic (exact) mass is 285 g/mol. The minimum atomic E-state index is -0.583. The molecule has 108 valence electrons. The zero-order valence-electron chi connectivity index (χ0n) is 11.3. The van der Waals surface area contributed by atoms with Crippen molar-refractivity contribution in [1.82, 2.24) is 10.2 Å². The molecule has 0 atom stereocenters. The average Bonchev–Trinajstić information content (AvgIpc) is 2.90. The Morgan fingerprint density at radius 1 is 1.32 bits per heavy atom. The summed E-state index contributed by atoms with van der Waals surface area (Å²) in [7, 11) is 0. The van der Waals surface area contributed by atoms with Gasteiger partial charge in [0.05, 0.1) is 23.6 Å². The lowest BCUT2D eigenvalue weighted by atomic mass is 9.85. The van der Waals surface area contributed by atoms with Crippen LogP contribution in [-0.4, -0.2) is 55.2 Å². The minimum absolute atomic E-state index is 0.0192. The number of thiocarbonyl (C=S) groups is 1. The van der Waals surface area contributed by atoms with Gasteiger partial charge < -0.3 is 15.8 Å². The van der Waals surface area contributed by atoms with Crippen LogP contribution < -0.4 is 11.1 Å². The van der Waals surface area contributed by atoms with E-state index in [0.717, 1.165) is 58.5 Å². The fraction of sp³-hybridized carbons (Fsp3) is 0.846. The highest BCUT2D eigenvalue weighted by molar-refractivity contribution is 7.80. The number of rotatable bonds is 5. The first-order valence-corrected chi connectivity index (χ1v) is 7.44. The molecule has 2 aliphatic rings. The van der Waals surface area contributed by atoms with Gasteiger partial charge in [0.2, 0.25) is 5.91 Å². The molecule has 0 aromatic rings. The van der Waals surface area contributed by atoms with E-state index < -0.39 is 5.41 Å². The summed E-state index contributed by atoms with van der Waals surface area (Å²) in [5.74, 6) is 0.0192. The molecule has 19 heavy (non-hydrogen) atoms. The smallest absolute Gasteiger partial charge is 0.233 e. The van der Waals surface area contributed by atoms with Gasteiger partial charge in [-0.05, 0) is 12.8 Å². The molecule has 1 heterocycles. The Bertz CT molecular complexity index is 337. The summed E-state index contributed by atoms with van der Waals surface area (Å²) in [5, 5.41) is 3.01. The van der Waals surface area contributed by atoms with E-state index in [4.69, 9.17) is 22.7 Å². The fourth-order valence-electron chi connectivity index (χ4n) is 2.89. The Kier molecular flexibility index (Phi) is 5.13. The van der Waals surface area contributed by atoms with Crippen LogP contribution in [0.25, 0.3) is 0 Å². The average molecular weight is 285 g/mol. The third-order valence-corrected chi connectivity index (χ3v) is 4.57. The van der Waals surface area contributed by atoms with Crippen molar-refractivity contribution in [2.24, 2.45) is 11.1 Å². The molecule has 5 nitrogen and oxygen atoms in total. The van der Waals surface area contributed by atoms with E-state index in [0.29, 0.717) is 11.5 Å². The number of morpholine rings is 1. The number of hydrogen-bond acceptors (Lipinski definition) is 4. The van der Waals surface area contributed by atoms with E-state index in [1.165, 1.54) is 0 Å². The highest BCUT2D eigenvalue weighted by Crippen LogP contribution is 2.38. The van der Waals surface area contributed by atoms with E-state index in [2.05, 4.69) is 10.2 Å². The minimum Gasteiger partial charge on any atom is -0.392 e. The van der Waals surface area contributed by atoms with E-state index in [9.17, 15) is 4.79 Å². The largest absolute Gasteiger partial charge is 0.392 e. The predicted molar refractivity (Wildman–Crippen MR) is 78.0 cm³/mol. The van der Waals surface area contributed by atoms with Crippen molar-refractivity contribution in [2.75, 3.05) is 39.4 Å². The Hall–Kier alpha value is -0.720. The zero-order chi connectivity index (χ0) is 13.7. The van der Waals surface area contributed by atoms with E-state index in [1.54, 1.807) is 0 Å². The van der Waals surface area contributed by atoms with Crippen molar-refractivity contribution < 1.29 is 9.53 Å². The van der Waals surface area contributed by atoms with Gasteiger partial charge in [0.25, 0.3) is 0 Å². The van der Waals surface area contributed by atoms with Crippen molar-refractivity contribution in [3.63, 3.8) is 0 Å². The first kappa shape index (κ1) is 14.7. The first-order valence-electron chi connectivity index (χ1n) is 7.03. The third-order valence-electron chi connectivity index (χ3n) is 4.18. The number of amides is 1. The molecule has 0 unspecified atom stereocenters. The molecule has 2 rings (SSSR count). The van der Waals surface area contributed by atoms with Crippen molar-refractivity contribution in [3.8, 4) is 0 Å². The summed E-state index contributed by atoms with van der Waals surface area (Å²) in [4.78, 5) is 15.0. The number of carbonyl (C=O) groups excluding carboxylic acids is 1. The topological polar surface area (TPSA) is 67.6 Å². The second-order valence-corrected chi connectivity index (χ2v) is 5.80. The molecule has 1 amide bonds. The number of carbonyl (C=O) groups is 1. The van der Waals surface area contributed by atoms with E-state index >= 15 is 0 Å². The van der Waals surface area contributed by atoms with Crippen LogP contribution >= 0.6 is 12.2 Å². The number of ether oxygens (including phenoxy) is 1. The van der Waals surface area contributed by atoms with Gasteiger partial charge in [-0.3, -0.25) is 9.69 Å². The van der Waals surface area contributed by atoms with Crippen molar-refractivity contribution in [3.05, 3.63) is 0 Å². The molecule has 0 aromatic heterocycles. The summed E-state index contributed by atoms with van der Waals surface area (Å²) < 4.78 is 5.29. The maximum atomic E-state index is 12.3. The zero-order valence-corrected chi connectivity index (χ0v) is 12.1. The quantitative estimate of drug-likeness (QED) is 0.710. The number of nitrogens with one attached hydrogen (secondary N) is 1. The number of nitrogens with zero attached hydrogens (tertiary/aromatic N) is 1. The third kappa shape index (κ3) is 3.43. The SMILES string of the molecule is NC(=S)C1(C(=O)NCCN2CCOCC2)CCCC1. The summed E-state index contributed by atoms with van der Waals surface area (Å²) in [6.07, 6.45) is 3.67. The van der Waals surface area contributed by atoms with Crippen LogP contribution in [0.3, 0.4) is 0 Å². The van der Waals surface area contributed by atoms with Crippen molar-refractivity contribution >= 4 is 23.1 Å². The van der Waals surface area contributed by atoms with Crippen LogP contribution in [0.4, 0.5) is 0 Å². The molecule has 1 aliphatic heterocycles. The standard InChI is InChI=1S/C13H23N3O2S/c14-11(19)13(3-1-2-4-13)12(17)15-5-6-16-7-9-18-10-8-16/h1-10H2,(H2,14,19)(H,15,17). The van der Waals surface area contributed by atoms with Crippen LogP contribution in [0, 0.1) is 5.41 Å². The normalized spacial score (nSPS) is 23.2. The van der Waals surface area contributed by atoms with Crippen LogP contribution in [0.15, 0.2) is 0 Å². The van der Waals surface area contributed by atoms with Crippen LogP contribution in [0.2, 0.25) is 0 Å². The molecule has 1 aliphatic carbocycles. The van der Waals surface area contributed by atoms with Crippen molar-refractivity contribution in [1.29, 1.82) is 0 Å². The Balaban J connectivity index is 1.78. The molecule has 0 spiro atoms. The van der Waals surface area contributed by atoms with E-state index in [-0.39, 0.29) is 5.91 Å². The molecule has 2 fully saturated rings. The number of hydrogen-bond donors (Lipinski definition) is 2. The molecule has 3 N–H and O–H groups in total. The summed E-state index contributed by atoms with van der Waals surface area (Å²) in [6, 6.07) is 0. The molecule has 0 bridgehead atoms. The maximum Gasteiger partial charge on any atom is 0.233 e. The molecule has 1 saturated heterocycles. The summed E-state index contributed by atoms with van der Waals surface area (Å²) >= 11 is 5.11. The second-order valence-electron chi connectivity index (χ2n) is 5.36. The highest BCUT2D eigenvalue weighted by atomic mass is 32.1. The van der Waals surface area contributed by atoms with Gasteiger partial charge in [-0.25, -0.2) is 0 Å². The van der Waals surface area contributed by atoms with Crippen LogP contribution in [-0.2, 0) is 9.53 Å². The number of nitrogens with two attached hydrogens (primary N) is 1. The lowest BCUT2D eigenvalue weighted by Crippen LogP contribution is -2.49. The van der Waals surface area contributed by atoms with Gasteiger partial charge >= 0.3 is 0 Å². The van der Waals surface area contributed by atoms with Gasteiger partial charge in [-0.1, -0.05) is 25.1 Å². The van der Waals surface area contributed by atoms with Gasteiger partial charge in [-0.2, -0.15) is 0 Å². The molecule has 0 aromatic carbocycles. The molecule has 6 heteroatoms. The van der Waals surface area contributed by atoms with Crippen molar-refractivity contribution in [2.45, 2.75) is 25.7 Å². The van der Waals surface area contributed by atoms with Gasteiger partial charge in [0, 0.05) is 26.2 Å². The molecular weight excluding hydrogens is 262 g/mol. The molecular formula is C13H23N3O2S. The second kappa shape index (κ2) is 6.63. The van der Waals surface area contributed by atoms with Crippen LogP contribution in [0.1, 0.15) is 25.7 Å². The highest BCUT2D eigenvalue weighted by Gasteiger charge is 2.43. The van der Waals surface area contributed by atoms with Gasteiger partial charge in [0.15, 0.2) is 0 Å². The fourth-order valence-corrected chi connectivity index (χ4v) is 3.18. The van der Waals surface area contributed by atoms with Gasteiger partial charge in [-0.15, -0.1) is 0 Å². The predicted octanol–water partition coefficient (Wildman–Crippen LogP) is 0.281. The maximum absolute atomic E-state index is 12.3. The van der Waals surface area contributed by atoms with Gasteiger partial charge in [0.1, 0.15) is 0 Å². The summed E-state index contributed by atoms with van der Waals surface area (Å²) in [6.45, 7) is 4.97. The lowest BCUT2D eigenvalue weighted by molar-refractivity contribution is -0.127. The molecule has 0 radical (unpaired) electrons. The lowest BCUT2D eigenvalue weighted by Gasteiger charge is -2.29. The Morgan fingerprint density at radius 2 is 1.95 bits per heavy atom. The Morgan fingerprint density at radius 3 is 2.53 bits per heavy atom. The first-order chi connectivity index (χ1) is 9.15. The van der Waals surface area contributed by atoms with Crippen LogP contribution in [0.5, 0.6) is 0 Å². The van der Waals surface area contributed by atoms with E-state index in [1.807, 2.05) is 0 Å². The summed E-state index contributed by atoms with van der Waals surface area (Å²) in [5.41, 5.74) is 5.21. The Labute approximate surface area is 119 Å². The molecule has 1 saturated carbocycles.